The molecular weight excluding hydrogens is 422 g/mol. The molecule has 1 fully saturated rings. The van der Waals surface area contributed by atoms with E-state index in [2.05, 4.69) is 5.32 Å². The molecule has 5 nitrogen and oxygen atoms in total. The maximum atomic E-state index is 13.8. The zero-order chi connectivity index (χ0) is 22.3. The van der Waals surface area contributed by atoms with Gasteiger partial charge in [0.25, 0.3) is 5.91 Å². The zero-order valence-corrected chi connectivity index (χ0v) is 19.1. The highest BCUT2D eigenvalue weighted by Gasteiger charge is 2.48. The highest BCUT2D eigenvalue weighted by molar-refractivity contribution is 6.30. The molecule has 1 atom stereocenters. The minimum absolute atomic E-state index is 0.0804. The van der Waals surface area contributed by atoms with E-state index < -0.39 is 5.54 Å². The lowest BCUT2D eigenvalue weighted by Crippen LogP contribution is -2.64. The van der Waals surface area contributed by atoms with Gasteiger partial charge in [0.2, 0.25) is 5.91 Å². The number of carbonyl (C=O) groups excluding carboxylic acids is 2. The number of para-hydroxylation sites is 1. The number of halogens is 1. The molecule has 0 unspecified atom stereocenters. The number of hydrogen-bond acceptors (Lipinski definition) is 2. The van der Waals surface area contributed by atoms with Crippen LogP contribution in [0.4, 0.5) is 0 Å². The highest BCUT2D eigenvalue weighted by atomic mass is 35.5. The Morgan fingerprint density at radius 3 is 2.66 bits per heavy atom. The summed E-state index contributed by atoms with van der Waals surface area (Å²) in [6, 6.07) is 17.6. The molecule has 2 heterocycles. The molecule has 2 aliphatic rings. The lowest BCUT2D eigenvalue weighted by molar-refractivity contribution is -0.134. The summed E-state index contributed by atoms with van der Waals surface area (Å²) >= 11 is 6.21. The monoisotopic (exact) mass is 449 g/mol. The lowest BCUT2D eigenvalue weighted by atomic mass is 9.91. The smallest absolute Gasteiger partial charge is 0.271 e. The van der Waals surface area contributed by atoms with Gasteiger partial charge in [-0.25, -0.2) is 0 Å². The number of amides is 2. The summed E-state index contributed by atoms with van der Waals surface area (Å²) in [5.74, 6) is -0.211. The van der Waals surface area contributed by atoms with Gasteiger partial charge in [0.1, 0.15) is 11.2 Å². The topological polar surface area (TPSA) is 54.3 Å². The molecule has 0 bridgehead atoms. The van der Waals surface area contributed by atoms with Crippen molar-refractivity contribution in [2.45, 2.75) is 63.7 Å². The van der Waals surface area contributed by atoms with Crippen molar-refractivity contribution in [2.75, 3.05) is 0 Å². The van der Waals surface area contributed by atoms with E-state index in [9.17, 15) is 9.59 Å². The lowest BCUT2D eigenvalue weighted by Gasteiger charge is -2.45. The Kier molecular flexibility index (Phi) is 5.46. The molecule has 1 aliphatic carbocycles. The van der Waals surface area contributed by atoms with Gasteiger partial charge in [-0.2, -0.15) is 0 Å². The van der Waals surface area contributed by atoms with Crippen LogP contribution in [0.25, 0.3) is 10.9 Å². The number of aromatic nitrogens is 1. The minimum atomic E-state index is -1.01. The molecular formula is C26H28ClN3O2. The zero-order valence-electron chi connectivity index (χ0n) is 18.3. The van der Waals surface area contributed by atoms with Crippen LogP contribution in [0.1, 0.15) is 55.1 Å². The van der Waals surface area contributed by atoms with E-state index in [0.29, 0.717) is 23.8 Å². The summed E-state index contributed by atoms with van der Waals surface area (Å²) in [7, 11) is 0. The van der Waals surface area contributed by atoms with Gasteiger partial charge in [0, 0.05) is 28.5 Å². The van der Waals surface area contributed by atoms with Crippen molar-refractivity contribution in [3.8, 4) is 0 Å². The van der Waals surface area contributed by atoms with E-state index in [1.165, 1.54) is 6.42 Å². The Labute approximate surface area is 193 Å². The first-order valence-electron chi connectivity index (χ1n) is 11.4. The van der Waals surface area contributed by atoms with Crippen LogP contribution in [-0.4, -0.2) is 32.9 Å². The molecule has 1 aromatic heterocycles. The van der Waals surface area contributed by atoms with Crippen molar-refractivity contribution >= 4 is 34.3 Å². The van der Waals surface area contributed by atoms with Gasteiger partial charge in [-0.1, -0.05) is 61.2 Å². The van der Waals surface area contributed by atoms with Crippen molar-refractivity contribution in [3.05, 3.63) is 70.9 Å². The predicted molar refractivity (Wildman–Crippen MR) is 127 cm³/mol. The van der Waals surface area contributed by atoms with Crippen LogP contribution in [0.3, 0.4) is 0 Å². The van der Waals surface area contributed by atoms with E-state index in [4.69, 9.17) is 11.6 Å². The molecule has 0 spiro atoms. The first-order chi connectivity index (χ1) is 15.5. The maximum absolute atomic E-state index is 13.8. The largest absolute Gasteiger partial charge is 0.351 e. The molecule has 1 N–H and O–H groups in total. The van der Waals surface area contributed by atoms with Crippen LogP contribution in [0.2, 0.25) is 5.02 Å². The number of nitrogens with zero attached hydrogens (tertiary/aromatic N) is 2. The first-order valence-corrected chi connectivity index (χ1v) is 11.8. The fourth-order valence-electron chi connectivity index (χ4n) is 5.16. The third-order valence-electron chi connectivity index (χ3n) is 7.00. The number of rotatable bonds is 4. The molecule has 6 heteroatoms. The Morgan fingerprint density at radius 1 is 1.09 bits per heavy atom. The van der Waals surface area contributed by atoms with Gasteiger partial charge in [-0.05, 0) is 49.6 Å². The predicted octanol–water partition coefficient (Wildman–Crippen LogP) is 5.16. The van der Waals surface area contributed by atoms with Crippen LogP contribution in [0.15, 0.2) is 54.6 Å². The number of benzene rings is 2. The number of nitrogens with one attached hydrogen (secondary N) is 1. The number of carbonyl (C=O) groups is 2. The summed E-state index contributed by atoms with van der Waals surface area (Å²) in [5, 5.41) is 4.91. The Bertz CT molecular complexity index is 1180. The third-order valence-corrected chi connectivity index (χ3v) is 7.23. The fourth-order valence-corrected chi connectivity index (χ4v) is 5.37. The van der Waals surface area contributed by atoms with E-state index in [-0.39, 0.29) is 17.9 Å². The second-order valence-corrected chi connectivity index (χ2v) is 9.71. The molecule has 3 aromatic rings. The van der Waals surface area contributed by atoms with E-state index in [1.54, 1.807) is 4.90 Å². The van der Waals surface area contributed by atoms with Crippen molar-refractivity contribution in [1.29, 1.82) is 0 Å². The number of fused-ring (bicyclic) bond motifs is 3. The van der Waals surface area contributed by atoms with E-state index in [0.717, 1.165) is 42.1 Å². The van der Waals surface area contributed by atoms with Gasteiger partial charge >= 0.3 is 0 Å². The van der Waals surface area contributed by atoms with Gasteiger partial charge < -0.3 is 14.8 Å². The Balaban J connectivity index is 1.55. The molecule has 2 amide bonds. The second-order valence-electron chi connectivity index (χ2n) is 9.28. The molecule has 2 aromatic carbocycles. The molecule has 0 radical (unpaired) electrons. The standard InChI is InChI=1S/C26H28ClN3O2/c1-26(25(32)28-21-11-3-2-4-12-21)17-29-22-13-6-5-9-19(22)15-23(29)24(31)30(26)16-18-8-7-10-20(27)14-18/h5-10,13-15,21H,2-4,11-12,16-17H2,1H3,(H,28,32)/t26-/m1/s1. The number of hydrogen-bond donors (Lipinski definition) is 1. The third kappa shape index (κ3) is 3.69. The molecule has 166 valence electrons. The summed E-state index contributed by atoms with van der Waals surface area (Å²) in [5.41, 5.74) is 1.50. The summed E-state index contributed by atoms with van der Waals surface area (Å²) in [6.45, 7) is 2.64. The quantitative estimate of drug-likeness (QED) is 0.598. The molecule has 32 heavy (non-hydrogen) atoms. The average Bonchev–Trinajstić information content (AvgIpc) is 3.16. The first kappa shape index (κ1) is 21.1. The molecule has 5 rings (SSSR count). The van der Waals surface area contributed by atoms with Crippen LogP contribution in [0, 0.1) is 0 Å². The SMILES string of the molecule is C[C@]1(C(=O)NC2CCCCC2)Cn2c(cc3ccccc32)C(=O)N1Cc1cccc(Cl)c1. The maximum Gasteiger partial charge on any atom is 0.271 e. The molecule has 0 saturated heterocycles. The van der Waals surface area contributed by atoms with Gasteiger partial charge in [0.05, 0.1) is 6.54 Å². The van der Waals surface area contributed by atoms with Gasteiger partial charge in [-0.15, -0.1) is 0 Å². The van der Waals surface area contributed by atoms with Crippen LogP contribution in [-0.2, 0) is 17.9 Å². The Morgan fingerprint density at radius 2 is 1.88 bits per heavy atom. The summed E-state index contributed by atoms with van der Waals surface area (Å²) in [6.07, 6.45) is 5.50. The van der Waals surface area contributed by atoms with Crippen LogP contribution in [0.5, 0.6) is 0 Å². The van der Waals surface area contributed by atoms with Gasteiger partial charge in [0.15, 0.2) is 0 Å². The van der Waals surface area contributed by atoms with Crippen molar-refractivity contribution < 1.29 is 9.59 Å². The van der Waals surface area contributed by atoms with Crippen molar-refractivity contribution in [3.63, 3.8) is 0 Å². The fraction of sp³-hybridized carbons (Fsp3) is 0.385. The average molecular weight is 450 g/mol. The van der Waals surface area contributed by atoms with Crippen molar-refractivity contribution in [2.24, 2.45) is 0 Å². The molecule has 1 saturated carbocycles. The normalized spacial score (nSPS) is 21.6. The van der Waals surface area contributed by atoms with Crippen LogP contribution >= 0.6 is 11.6 Å². The van der Waals surface area contributed by atoms with Crippen molar-refractivity contribution in [1.82, 2.24) is 14.8 Å². The Hall–Kier alpha value is -2.79. The van der Waals surface area contributed by atoms with Gasteiger partial charge in [-0.3, -0.25) is 9.59 Å². The minimum Gasteiger partial charge on any atom is -0.351 e. The molecule has 1 aliphatic heterocycles. The summed E-state index contributed by atoms with van der Waals surface area (Å²) < 4.78 is 2.01. The van der Waals surface area contributed by atoms with E-state index >= 15 is 0 Å². The second kappa shape index (κ2) is 8.28. The summed E-state index contributed by atoms with van der Waals surface area (Å²) in [4.78, 5) is 29.2. The van der Waals surface area contributed by atoms with Crippen LogP contribution < -0.4 is 5.32 Å². The highest BCUT2D eigenvalue weighted by Crippen LogP contribution is 2.34. The van der Waals surface area contributed by atoms with E-state index in [1.807, 2.05) is 66.1 Å².